The number of ether oxygens (including phenoxy) is 2. The summed E-state index contributed by atoms with van der Waals surface area (Å²) in [4.78, 5) is 26.1. The first-order valence-corrected chi connectivity index (χ1v) is 12.6. The number of cyclic esters (lactones) is 1. The molecule has 2 aliphatic rings. The number of aliphatic hydroxyl groups excluding tert-OH is 2. The van der Waals surface area contributed by atoms with Crippen molar-refractivity contribution in [2.24, 2.45) is 11.3 Å². The molecule has 0 aromatic carbocycles. The van der Waals surface area contributed by atoms with Crippen molar-refractivity contribution < 1.29 is 34.4 Å². The summed E-state index contributed by atoms with van der Waals surface area (Å²) in [6, 6.07) is 0. The molecule has 0 spiro atoms. The Hall–Kier alpha value is -1.54. The Morgan fingerprint density at radius 1 is 1.12 bits per heavy atom. The Balaban J connectivity index is 2.43. The summed E-state index contributed by atoms with van der Waals surface area (Å²) < 4.78 is 11.6. The minimum atomic E-state index is -1.84. The first-order chi connectivity index (χ1) is 15.8. The molecule has 2 aliphatic heterocycles. The lowest BCUT2D eigenvalue weighted by Crippen LogP contribution is -2.48. The molecule has 2 heterocycles. The van der Waals surface area contributed by atoms with E-state index in [-0.39, 0.29) is 25.0 Å². The molecule has 7 nitrogen and oxygen atoms in total. The minimum absolute atomic E-state index is 0.0842. The van der Waals surface area contributed by atoms with Crippen molar-refractivity contribution in [3.8, 4) is 0 Å². The van der Waals surface area contributed by atoms with Gasteiger partial charge in [-0.15, -0.1) is 0 Å². The Bertz CT molecular complexity index is 784. The molecule has 0 aromatic rings. The van der Waals surface area contributed by atoms with E-state index < -0.39 is 47.5 Å². The summed E-state index contributed by atoms with van der Waals surface area (Å²) in [6.07, 6.45) is 4.49. The fourth-order valence-corrected chi connectivity index (χ4v) is 5.05. The van der Waals surface area contributed by atoms with Crippen molar-refractivity contribution in [1.29, 1.82) is 0 Å². The molecule has 1 unspecified atom stereocenters. The zero-order valence-electron chi connectivity index (χ0n) is 21.7. The Morgan fingerprint density at radius 3 is 2.44 bits per heavy atom. The van der Waals surface area contributed by atoms with Crippen molar-refractivity contribution >= 4 is 11.8 Å². The molecule has 7 heteroatoms. The van der Waals surface area contributed by atoms with Gasteiger partial charge in [0.05, 0.1) is 30.1 Å². The molecular formula is C27H44O7. The van der Waals surface area contributed by atoms with Gasteiger partial charge in [0.15, 0.2) is 5.79 Å². The van der Waals surface area contributed by atoms with Crippen molar-refractivity contribution in [1.82, 2.24) is 0 Å². The van der Waals surface area contributed by atoms with E-state index in [0.29, 0.717) is 24.0 Å². The minimum Gasteiger partial charge on any atom is -0.462 e. The lowest BCUT2D eigenvalue weighted by molar-refractivity contribution is -0.267. The van der Waals surface area contributed by atoms with Gasteiger partial charge in [0.1, 0.15) is 11.9 Å². The highest BCUT2D eigenvalue weighted by Crippen LogP contribution is 2.36. The number of carbonyl (C=O) groups is 2. The third kappa shape index (κ3) is 7.48. The molecule has 194 valence electrons. The third-order valence-electron chi connectivity index (χ3n) is 7.14. The highest BCUT2D eigenvalue weighted by molar-refractivity contribution is 5.88. The van der Waals surface area contributed by atoms with Crippen LogP contribution in [0.1, 0.15) is 92.9 Å². The largest absolute Gasteiger partial charge is 0.462 e. The summed E-state index contributed by atoms with van der Waals surface area (Å²) >= 11 is 0. The summed E-state index contributed by atoms with van der Waals surface area (Å²) in [7, 11) is 0. The molecule has 0 radical (unpaired) electrons. The maximum absolute atomic E-state index is 13.3. The van der Waals surface area contributed by atoms with Gasteiger partial charge in [0.25, 0.3) is 0 Å². The number of allylic oxidation sites excluding steroid dienone is 1. The van der Waals surface area contributed by atoms with Crippen LogP contribution in [0.4, 0.5) is 0 Å². The highest BCUT2D eigenvalue weighted by Gasteiger charge is 2.43. The molecule has 2 bridgehead atoms. The standard InChI is InChI=1S/C27H44O7/c1-7-8-9-10-21-12-11-17(2)24(30)26(5,6)25(31)19(4)13-18(3)22-14-20(28)15-27(32,34-22)16-23(29)33-21/h11,13,19-22,24,28,30,32H,7-10,12,14-16H2,1-6H3/t19-,20-,21+,22?,24+,27+/m0/s1. The SMILES string of the molecule is CCCCC[C@@H]1CC=C(C)[C@@H](O)C(C)(C)C(=O)[C@@H](C)C=C(C)C2C[C@H](O)C[C@](O)(CC(=O)O1)O2. The fourth-order valence-electron chi connectivity index (χ4n) is 5.05. The van der Waals surface area contributed by atoms with Crippen LogP contribution in [0.25, 0.3) is 0 Å². The predicted molar refractivity (Wildman–Crippen MR) is 130 cm³/mol. The van der Waals surface area contributed by atoms with Gasteiger partial charge in [0, 0.05) is 25.2 Å². The molecule has 1 saturated heterocycles. The van der Waals surface area contributed by atoms with Gasteiger partial charge in [0.2, 0.25) is 0 Å². The molecule has 1 fully saturated rings. The van der Waals surface area contributed by atoms with Gasteiger partial charge in [-0.3, -0.25) is 9.59 Å². The Kier molecular flexibility index (Phi) is 10.1. The summed E-state index contributed by atoms with van der Waals surface area (Å²) in [5, 5.41) is 32.5. The number of carbonyl (C=O) groups excluding carboxylic acids is 2. The summed E-state index contributed by atoms with van der Waals surface area (Å²) in [6.45, 7) is 10.9. The molecule has 0 aliphatic carbocycles. The predicted octanol–water partition coefficient (Wildman–Crippen LogP) is 3.99. The topological polar surface area (TPSA) is 113 Å². The second-order valence-electron chi connectivity index (χ2n) is 10.8. The first-order valence-electron chi connectivity index (χ1n) is 12.6. The smallest absolute Gasteiger partial charge is 0.311 e. The molecule has 34 heavy (non-hydrogen) atoms. The van der Waals surface area contributed by atoms with Gasteiger partial charge < -0.3 is 24.8 Å². The van der Waals surface area contributed by atoms with Gasteiger partial charge in [-0.05, 0) is 37.8 Å². The van der Waals surface area contributed by atoms with Crippen molar-refractivity contribution in [3.63, 3.8) is 0 Å². The van der Waals surface area contributed by atoms with Crippen LogP contribution in [0, 0.1) is 11.3 Å². The van der Waals surface area contributed by atoms with Crippen LogP contribution in [-0.2, 0) is 19.1 Å². The van der Waals surface area contributed by atoms with Crippen LogP contribution < -0.4 is 0 Å². The second-order valence-corrected chi connectivity index (χ2v) is 10.8. The fraction of sp³-hybridized carbons (Fsp3) is 0.778. The lowest BCUT2D eigenvalue weighted by atomic mass is 9.74. The van der Waals surface area contributed by atoms with Crippen molar-refractivity contribution in [3.05, 3.63) is 23.3 Å². The number of fused-ring (bicyclic) bond motifs is 2. The number of hydrogen-bond acceptors (Lipinski definition) is 7. The number of hydrogen-bond donors (Lipinski definition) is 3. The van der Waals surface area contributed by atoms with E-state index >= 15 is 0 Å². The normalized spacial score (nSPS) is 35.9. The van der Waals surface area contributed by atoms with Gasteiger partial charge in [-0.2, -0.15) is 0 Å². The highest BCUT2D eigenvalue weighted by atomic mass is 16.6. The number of aliphatic hydroxyl groups is 3. The van der Waals surface area contributed by atoms with E-state index in [1.807, 2.05) is 6.08 Å². The van der Waals surface area contributed by atoms with Gasteiger partial charge >= 0.3 is 5.97 Å². The zero-order valence-corrected chi connectivity index (χ0v) is 21.7. The molecule has 0 saturated carbocycles. The monoisotopic (exact) mass is 480 g/mol. The van der Waals surface area contributed by atoms with E-state index in [1.165, 1.54) is 0 Å². The van der Waals surface area contributed by atoms with Crippen LogP contribution >= 0.6 is 0 Å². The molecule has 3 N–H and O–H groups in total. The molecule has 0 aromatic heterocycles. The average molecular weight is 481 g/mol. The number of esters is 1. The molecular weight excluding hydrogens is 436 g/mol. The van der Waals surface area contributed by atoms with Crippen LogP contribution in [0.3, 0.4) is 0 Å². The lowest BCUT2D eigenvalue weighted by Gasteiger charge is -2.40. The van der Waals surface area contributed by atoms with E-state index in [2.05, 4.69) is 6.92 Å². The van der Waals surface area contributed by atoms with E-state index in [1.54, 1.807) is 40.7 Å². The zero-order chi connectivity index (χ0) is 25.7. The van der Waals surface area contributed by atoms with E-state index in [9.17, 15) is 24.9 Å². The average Bonchev–Trinajstić information content (AvgIpc) is 2.74. The van der Waals surface area contributed by atoms with Crippen LogP contribution in [0.5, 0.6) is 0 Å². The van der Waals surface area contributed by atoms with Crippen molar-refractivity contribution in [2.45, 2.75) is 123 Å². The number of ketones is 1. The van der Waals surface area contributed by atoms with Crippen LogP contribution in [-0.4, -0.2) is 57.3 Å². The first kappa shape index (κ1) is 28.7. The van der Waals surface area contributed by atoms with Gasteiger partial charge in [-0.25, -0.2) is 0 Å². The number of Topliss-reactive ketones (excluding diaryl/α,β-unsaturated/α-hetero) is 1. The Morgan fingerprint density at radius 2 is 1.79 bits per heavy atom. The van der Waals surface area contributed by atoms with Crippen LogP contribution in [0.2, 0.25) is 0 Å². The molecule has 0 amide bonds. The van der Waals surface area contributed by atoms with E-state index in [4.69, 9.17) is 9.47 Å². The Labute approximate surface area is 204 Å². The van der Waals surface area contributed by atoms with E-state index in [0.717, 1.165) is 19.3 Å². The second kappa shape index (κ2) is 11.9. The number of rotatable bonds is 4. The van der Waals surface area contributed by atoms with Crippen LogP contribution in [0.15, 0.2) is 23.3 Å². The summed E-state index contributed by atoms with van der Waals surface area (Å²) in [5.41, 5.74) is 0.320. The maximum Gasteiger partial charge on any atom is 0.311 e. The number of unbranched alkanes of at least 4 members (excludes halogenated alkanes) is 2. The summed E-state index contributed by atoms with van der Waals surface area (Å²) in [5.74, 6) is -3.04. The quantitative estimate of drug-likeness (QED) is 0.317. The molecule has 6 atom stereocenters. The van der Waals surface area contributed by atoms with Crippen molar-refractivity contribution in [2.75, 3.05) is 0 Å². The molecule has 2 rings (SSSR count). The third-order valence-corrected chi connectivity index (χ3v) is 7.14. The van der Waals surface area contributed by atoms with Gasteiger partial charge in [-0.1, -0.05) is 52.7 Å². The maximum atomic E-state index is 13.3.